The summed E-state index contributed by atoms with van der Waals surface area (Å²) in [5.74, 6) is 0.568. The fourth-order valence-electron chi connectivity index (χ4n) is 2.08. The highest BCUT2D eigenvalue weighted by Gasteiger charge is 2.09. The second kappa shape index (κ2) is 4.62. The summed E-state index contributed by atoms with van der Waals surface area (Å²) in [6.07, 6.45) is 0. The van der Waals surface area contributed by atoms with Gasteiger partial charge in [0, 0.05) is 12.4 Å². The summed E-state index contributed by atoms with van der Waals surface area (Å²) in [6, 6.07) is 13.1. The summed E-state index contributed by atoms with van der Waals surface area (Å²) >= 11 is 2.32. The van der Waals surface area contributed by atoms with Crippen molar-refractivity contribution in [2.24, 2.45) is 0 Å². The van der Waals surface area contributed by atoms with Crippen LogP contribution in [0.15, 0.2) is 36.4 Å². The molecule has 0 unspecified atom stereocenters. The topological polar surface area (TPSA) is 3.24 Å². The fraction of sp³-hybridized carbons (Fsp3) is 0.286. The summed E-state index contributed by atoms with van der Waals surface area (Å²) < 4.78 is 2.14. The Morgan fingerprint density at radius 2 is 1.62 bits per heavy atom. The van der Waals surface area contributed by atoms with E-state index in [4.69, 9.17) is 0 Å². The fourth-order valence-corrected chi connectivity index (χ4v) is 2.50. The van der Waals surface area contributed by atoms with E-state index in [1.807, 2.05) is 0 Å². The molecule has 2 aromatic carbocycles. The predicted octanol–water partition coefficient (Wildman–Crippen LogP) is 4.75. The van der Waals surface area contributed by atoms with E-state index in [0.717, 1.165) is 0 Å². The number of hydrogen-bond donors (Lipinski definition) is 0. The van der Waals surface area contributed by atoms with Gasteiger partial charge in [0.2, 0.25) is 0 Å². The molecule has 1 nitrogen and oxygen atoms in total. The van der Waals surface area contributed by atoms with Crippen LogP contribution in [0.5, 0.6) is 0 Å². The van der Waals surface area contributed by atoms with Gasteiger partial charge < -0.3 is 3.11 Å². The summed E-state index contributed by atoms with van der Waals surface area (Å²) in [7, 11) is 2.08. The summed E-state index contributed by atoms with van der Waals surface area (Å²) in [5.41, 5.74) is 2.71. The van der Waals surface area contributed by atoms with E-state index in [9.17, 15) is 0 Å². The SMILES string of the molecule is CC(C)c1ccc(N(C)I)c2ccccc12. The maximum Gasteiger partial charge on any atom is 0.0588 e. The molecule has 16 heavy (non-hydrogen) atoms. The van der Waals surface area contributed by atoms with E-state index in [0.29, 0.717) is 5.92 Å². The minimum atomic E-state index is 0.568. The van der Waals surface area contributed by atoms with E-state index >= 15 is 0 Å². The summed E-state index contributed by atoms with van der Waals surface area (Å²) in [4.78, 5) is 0. The molecule has 0 amide bonds. The molecule has 0 fully saturated rings. The van der Waals surface area contributed by atoms with Crippen molar-refractivity contribution in [1.82, 2.24) is 0 Å². The van der Waals surface area contributed by atoms with Gasteiger partial charge in [0.25, 0.3) is 0 Å². The number of nitrogens with zero attached hydrogens (tertiary/aromatic N) is 1. The molecule has 2 heteroatoms. The highest BCUT2D eigenvalue weighted by Crippen LogP contribution is 2.33. The van der Waals surface area contributed by atoms with E-state index in [-0.39, 0.29) is 0 Å². The molecular weight excluding hydrogens is 309 g/mol. The van der Waals surface area contributed by atoms with E-state index in [2.05, 4.69) is 83.3 Å². The lowest BCUT2D eigenvalue weighted by Crippen LogP contribution is -2.01. The molecule has 0 atom stereocenters. The minimum Gasteiger partial charge on any atom is -0.317 e. The third-order valence-electron chi connectivity index (χ3n) is 2.89. The van der Waals surface area contributed by atoms with Crippen LogP contribution in [0.3, 0.4) is 0 Å². The molecule has 0 aromatic heterocycles. The van der Waals surface area contributed by atoms with Crippen LogP contribution < -0.4 is 3.11 Å². The predicted molar refractivity (Wildman–Crippen MR) is 80.5 cm³/mol. The first-order valence-corrected chi connectivity index (χ1v) is 6.49. The first-order valence-electron chi connectivity index (χ1n) is 5.52. The van der Waals surface area contributed by atoms with Crippen LogP contribution in [0.4, 0.5) is 5.69 Å². The zero-order valence-electron chi connectivity index (χ0n) is 9.87. The zero-order valence-corrected chi connectivity index (χ0v) is 12.0. The van der Waals surface area contributed by atoms with Crippen LogP contribution in [0.2, 0.25) is 0 Å². The molecule has 2 aromatic rings. The van der Waals surface area contributed by atoms with Crippen molar-refractivity contribution in [3.63, 3.8) is 0 Å². The van der Waals surface area contributed by atoms with Gasteiger partial charge in [-0.25, -0.2) is 0 Å². The number of anilines is 1. The van der Waals surface area contributed by atoms with Gasteiger partial charge in [-0.2, -0.15) is 0 Å². The number of hydrogen-bond acceptors (Lipinski definition) is 1. The Morgan fingerprint density at radius 3 is 2.19 bits per heavy atom. The molecule has 0 heterocycles. The highest BCUT2D eigenvalue weighted by atomic mass is 127. The summed E-state index contributed by atoms with van der Waals surface area (Å²) in [6.45, 7) is 4.49. The molecule has 0 aliphatic heterocycles. The Bertz CT molecular complexity index is 457. The van der Waals surface area contributed by atoms with Gasteiger partial charge in [-0.1, -0.05) is 44.2 Å². The Balaban J connectivity index is 2.77. The van der Waals surface area contributed by atoms with Crippen molar-refractivity contribution in [1.29, 1.82) is 0 Å². The molecule has 2 rings (SSSR count). The quantitative estimate of drug-likeness (QED) is 0.569. The van der Waals surface area contributed by atoms with Gasteiger partial charge in [-0.05, 0) is 22.9 Å². The van der Waals surface area contributed by atoms with Gasteiger partial charge in [-0.15, -0.1) is 0 Å². The maximum absolute atomic E-state index is 2.32. The maximum atomic E-state index is 2.32. The minimum absolute atomic E-state index is 0.568. The monoisotopic (exact) mass is 325 g/mol. The number of benzene rings is 2. The van der Waals surface area contributed by atoms with Crippen molar-refractivity contribution < 1.29 is 0 Å². The number of fused-ring (bicyclic) bond motifs is 1. The van der Waals surface area contributed by atoms with Crippen LogP contribution in [0.1, 0.15) is 25.3 Å². The molecule has 0 spiro atoms. The lowest BCUT2D eigenvalue weighted by Gasteiger charge is -2.17. The molecule has 0 aliphatic rings. The lowest BCUT2D eigenvalue weighted by atomic mass is 9.95. The van der Waals surface area contributed by atoms with Crippen LogP contribution in [0.25, 0.3) is 10.8 Å². The second-order valence-corrected chi connectivity index (χ2v) is 5.80. The molecular formula is C14H16IN. The average molecular weight is 325 g/mol. The van der Waals surface area contributed by atoms with Gasteiger partial charge >= 0.3 is 0 Å². The molecule has 0 saturated heterocycles. The van der Waals surface area contributed by atoms with Crippen molar-refractivity contribution in [3.8, 4) is 0 Å². The van der Waals surface area contributed by atoms with E-state index < -0.39 is 0 Å². The molecule has 0 bridgehead atoms. The van der Waals surface area contributed by atoms with Gasteiger partial charge in [0.05, 0.1) is 28.6 Å². The Hall–Kier alpha value is -0.770. The first-order chi connectivity index (χ1) is 7.61. The third kappa shape index (κ3) is 2.03. The second-order valence-electron chi connectivity index (χ2n) is 4.35. The first kappa shape index (κ1) is 11.7. The Kier molecular flexibility index (Phi) is 3.38. The lowest BCUT2D eigenvalue weighted by molar-refractivity contribution is 0.876. The van der Waals surface area contributed by atoms with Gasteiger partial charge in [0.1, 0.15) is 0 Å². The number of rotatable bonds is 2. The third-order valence-corrected chi connectivity index (χ3v) is 3.41. The summed E-state index contributed by atoms with van der Waals surface area (Å²) in [5, 5.41) is 2.71. The Morgan fingerprint density at radius 1 is 1.00 bits per heavy atom. The van der Waals surface area contributed by atoms with Gasteiger partial charge in [0.15, 0.2) is 0 Å². The Labute approximate surface area is 111 Å². The highest BCUT2D eigenvalue weighted by molar-refractivity contribution is 14.1. The van der Waals surface area contributed by atoms with Crippen LogP contribution in [-0.2, 0) is 0 Å². The molecule has 84 valence electrons. The van der Waals surface area contributed by atoms with E-state index in [1.54, 1.807) is 0 Å². The van der Waals surface area contributed by atoms with Crippen molar-refractivity contribution in [2.75, 3.05) is 10.2 Å². The average Bonchev–Trinajstić information content (AvgIpc) is 2.27. The van der Waals surface area contributed by atoms with Crippen LogP contribution in [-0.4, -0.2) is 7.05 Å². The normalized spacial score (nSPS) is 11.1. The van der Waals surface area contributed by atoms with Crippen molar-refractivity contribution in [3.05, 3.63) is 42.0 Å². The van der Waals surface area contributed by atoms with Crippen LogP contribution >= 0.6 is 22.9 Å². The largest absolute Gasteiger partial charge is 0.317 e. The smallest absolute Gasteiger partial charge is 0.0588 e. The zero-order chi connectivity index (χ0) is 11.7. The molecule has 0 radical (unpaired) electrons. The molecule has 0 N–H and O–H groups in total. The molecule has 0 aliphatic carbocycles. The van der Waals surface area contributed by atoms with Gasteiger partial charge in [-0.3, -0.25) is 0 Å². The standard InChI is InChI=1S/C14H16IN/c1-10(2)11-8-9-14(16(3)15)13-7-5-4-6-12(11)13/h4-10H,1-3H3. The molecule has 0 saturated carbocycles. The van der Waals surface area contributed by atoms with Crippen molar-refractivity contribution >= 4 is 39.3 Å². The number of halogens is 1. The van der Waals surface area contributed by atoms with E-state index in [1.165, 1.54) is 22.0 Å². The van der Waals surface area contributed by atoms with Crippen LogP contribution in [0, 0.1) is 0 Å². The van der Waals surface area contributed by atoms with Crippen molar-refractivity contribution in [2.45, 2.75) is 19.8 Å².